The second kappa shape index (κ2) is 5.66. The Balaban J connectivity index is 2.53. The summed E-state index contributed by atoms with van der Waals surface area (Å²) < 4.78 is 0.784. The molecule has 1 heterocycles. The van der Waals surface area contributed by atoms with Gasteiger partial charge >= 0.3 is 0 Å². The van der Waals surface area contributed by atoms with E-state index in [1.807, 2.05) is 22.6 Å². The standard InChI is InChI=1S/C11H8ClIN4O2/c1-16(11-10(12)14-4-5-15-11)8-3-2-7(13)6-9(8)17(18)19/h2-6H,1H3. The van der Waals surface area contributed by atoms with Crippen molar-refractivity contribution >= 4 is 51.4 Å². The number of hydrogen-bond acceptors (Lipinski definition) is 5. The van der Waals surface area contributed by atoms with E-state index in [9.17, 15) is 10.1 Å². The third-order valence-electron chi connectivity index (χ3n) is 2.45. The fourth-order valence-electron chi connectivity index (χ4n) is 1.58. The van der Waals surface area contributed by atoms with Gasteiger partial charge in [-0.1, -0.05) is 11.6 Å². The summed E-state index contributed by atoms with van der Waals surface area (Å²) in [5.74, 6) is 0.369. The highest BCUT2D eigenvalue weighted by Gasteiger charge is 2.20. The lowest BCUT2D eigenvalue weighted by Crippen LogP contribution is -2.14. The molecule has 0 aliphatic carbocycles. The molecule has 0 fully saturated rings. The van der Waals surface area contributed by atoms with E-state index < -0.39 is 4.92 Å². The van der Waals surface area contributed by atoms with Gasteiger partial charge in [-0.25, -0.2) is 9.97 Å². The minimum absolute atomic E-state index is 0.00359. The largest absolute Gasteiger partial charge is 0.321 e. The monoisotopic (exact) mass is 390 g/mol. The number of aromatic nitrogens is 2. The third-order valence-corrected chi connectivity index (χ3v) is 3.39. The van der Waals surface area contributed by atoms with Gasteiger partial charge in [0, 0.05) is 29.1 Å². The van der Waals surface area contributed by atoms with Crippen LogP contribution in [0.2, 0.25) is 5.15 Å². The first-order valence-corrected chi connectivity index (χ1v) is 6.60. The van der Waals surface area contributed by atoms with Crippen LogP contribution < -0.4 is 4.90 Å². The molecule has 0 atom stereocenters. The Bertz CT molecular complexity index is 638. The molecule has 0 aliphatic heterocycles. The Morgan fingerprint density at radius 2 is 2.05 bits per heavy atom. The van der Waals surface area contributed by atoms with Crippen LogP contribution in [0.1, 0.15) is 0 Å². The van der Waals surface area contributed by atoms with Crippen molar-refractivity contribution in [2.45, 2.75) is 0 Å². The van der Waals surface area contributed by atoms with Crippen molar-refractivity contribution in [2.75, 3.05) is 11.9 Å². The summed E-state index contributed by atoms with van der Waals surface area (Å²) in [5, 5.41) is 11.3. The van der Waals surface area contributed by atoms with Gasteiger partial charge in [0.05, 0.1) is 4.92 Å². The number of hydrogen-bond donors (Lipinski definition) is 0. The minimum Gasteiger partial charge on any atom is -0.321 e. The van der Waals surface area contributed by atoms with Crippen molar-refractivity contribution in [2.24, 2.45) is 0 Å². The Morgan fingerprint density at radius 1 is 1.37 bits per heavy atom. The van der Waals surface area contributed by atoms with Gasteiger partial charge in [0.1, 0.15) is 5.69 Å². The van der Waals surface area contributed by atoms with E-state index in [0.29, 0.717) is 11.5 Å². The molecule has 98 valence electrons. The first-order valence-electron chi connectivity index (χ1n) is 5.15. The Kier molecular flexibility index (Phi) is 4.15. The average Bonchev–Trinajstić information content (AvgIpc) is 2.38. The van der Waals surface area contributed by atoms with Gasteiger partial charge in [0.25, 0.3) is 5.69 Å². The normalized spacial score (nSPS) is 10.3. The maximum Gasteiger partial charge on any atom is 0.293 e. The van der Waals surface area contributed by atoms with Crippen LogP contribution in [0.25, 0.3) is 0 Å². The van der Waals surface area contributed by atoms with Crippen molar-refractivity contribution in [1.29, 1.82) is 0 Å². The summed E-state index contributed by atoms with van der Waals surface area (Å²) in [4.78, 5) is 20.2. The number of nitro groups is 1. The summed E-state index contributed by atoms with van der Waals surface area (Å²) in [7, 11) is 1.66. The number of nitro benzene ring substituents is 1. The van der Waals surface area contributed by atoms with Gasteiger partial charge in [0.15, 0.2) is 11.0 Å². The Morgan fingerprint density at radius 3 is 2.68 bits per heavy atom. The van der Waals surface area contributed by atoms with Crippen LogP contribution >= 0.6 is 34.2 Å². The quantitative estimate of drug-likeness (QED) is 0.456. The third kappa shape index (κ3) is 2.92. The second-order valence-electron chi connectivity index (χ2n) is 3.62. The smallest absolute Gasteiger partial charge is 0.293 e. The lowest BCUT2D eigenvalue weighted by Gasteiger charge is -2.18. The molecule has 2 rings (SSSR count). The molecule has 1 aromatic carbocycles. The molecule has 8 heteroatoms. The molecule has 0 aliphatic rings. The van der Waals surface area contributed by atoms with Crippen molar-refractivity contribution in [3.05, 3.63) is 49.4 Å². The van der Waals surface area contributed by atoms with E-state index in [2.05, 4.69) is 9.97 Å². The molecular weight excluding hydrogens is 383 g/mol. The molecule has 0 unspecified atom stereocenters. The van der Waals surface area contributed by atoms with E-state index in [-0.39, 0.29) is 10.8 Å². The molecule has 1 aromatic heterocycles. The predicted octanol–water partition coefficient (Wildman–Crippen LogP) is 3.41. The fraction of sp³-hybridized carbons (Fsp3) is 0.0909. The van der Waals surface area contributed by atoms with Crippen LogP contribution in [0.3, 0.4) is 0 Å². The number of benzene rings is 1. The number of rotatable bonds is 3. The average molecular weight is 391 g/mol. The summed E-state index contributed by atoms with van der Waals surface area (Å²) in [6.07, 6.45) is 2.94. The molecule has 6 nitrogen and oxygen atoms in total. The summed E-state index contributed by atoms with van der Waals surface area (Å²) in [5.41, 5.74) is 0.406. The Labute approximate surface area is 127 Å². The molecule has 0 N–H and O–H groups in total. The van der Waals surface area contributed by atoms with Crippen LogP contribution in [0, 0.1) is 13.7 Å². The van der Waals surface area contributed by atoms with Crippen LogP contribution in [0.4, 0.5) is 17.2 Å². The Hall–Kier alpha value is -1.48. The molecule has 2 aromatic rings. The van der Waals surface area contributed by atoms with Gasteiger partial charge in [-0.3, -0.25) is 10.1 Å². The summed E-state index contributed by atoms with van der Waals surface area (Å²) in [6.45, 7) is 0. The van der Waals surface area contributed by atoms with E-state index in [1.165, 1.54) is 18.5 Å². The molecule has 0 saturated carbocycles. The maximum absolute atomic E-state index is 11.1. The minimum atomic E-state index is -0.432. The van der Waals surface area contributed by atoms with E-state index in [1.54, 1.807) is 24.1 Å². The van der Waals surface area contributed by atoms with Gasteiger partial charge in [0.2, 0.25) is 0 Å². The van der Waals surface area contributed by atoms with E-state index in [4.69, 9.17) is 11.6 Å². The van der Waals surface area contributed by atoms with Crippen LogP contribution in [0.5, 0.6) is 0 Å². The van der Waals surface area contributed by atoms with Gasteiger partial charge in [-0.15, -0.1) is 0 Å². The topological polar surface area (TPSA) is 72.2 Å². The second-order valence-corrected chi connectivity index (χ2v) is 5.22. The molecule has 0 radical (unpaired) electrons. The molecule has 0 saturated heterocycles. The zero-order chi connectivity index (χ0) is 14.0. The van der Waals surface area contributed by atoms with Gasteiger partial charge in [-0.05, 0) is 34.7 Å². The molecule has 19 heavy (non-hydrogen) atoms. The SMILES string of the molecule is CN(c1ccc(I)cc1[N+](=O)[O-])c1nccnc1Cl. The molecular formula is C11H8ClIN4O2. The molecule has 0 amide bonds. The highest BCUT2D eigenvalue weighted by atomic mass is 127. The lowest BCUT2D eigenvalue weighted by atomic mass is 10.2. The summed E-state index contributed by atoms with van der Waals surface area (Å²) >= 11 is 7.97. The van der Waals surface area contributed by atoms with E-state index >= 15 is 0 Å². The first-order chi connectivity index (χ1) is 9.00. The lowest BCUT2D eigenvalue weighted by molar-refractivity contribution is -0.384. The first kappa shape index (κ1) is 13.9. The predicted molar refractivity (Wildman–Crippen MR) is 80.9 cm³/mol. The van der Waals surface area contributed by atoms with Gasteiger partial charge in [-0.2, -0.15) is 0 Å². The fourth-order valence-corrected chi connectivity index (χ4v) is 2.29. The zero-order valence-corrected chi connectivity index (χ0v) is 12.7. The highest BCUT2D eigenvalue weighted by molar-refractivity contribution is 14.1. The van der Waals surface area contributed by atoms with Crippen LogP contribution in [0.15, 0.2) is 30.6 Å². The number of nitrogens with zero attached hydrogens (tertiary/aromatic N) is 4. The van der Waals surface area contributed by atoms with Crippen molar-refractivity contribution < 1.29 is 4.92 Å². The summed E-state index contributed by atoms with van der Waals surface area (Å²) in [6, 6.07) is 4.94. The van der Waals surface area contributed by atoms with Crippen LogP contribution in [-0.4, -0.2) is 21.9 Å². The van der Waals surface area contributed by atoms with Gasteiger partial charge < -0.3 is 4.90 Å². The van der Waals surface area contributed by atoms with Crippen molar-refractivity contribution in [3.63, 3.8) is 0 Å². The van der Waals surface area contributed by atoms with E-state index in [0.717, 1.165) is 3.57 Å². The van der Waals surface area contributed by atoms with Crippen molar-refractivity contribution in [3.8, 4) is 0 Å². The van der Waals surface area contributed by atoms with Crippen molar-refractivity contribution in [1.82, 2.24) is 9.97 Å². The molecule has 0 spiro atoms. The molecule has 0 bridgehead atoms. The number of anilines is 2. The number of halogens is 2. The maximum atomic E-state index is 11.1. The van der Waals surface area contributed by atoms with Crippen LogP contribution in [-0.2, 0) is 0 Å². The zero-order valence-electron chi connectivity index (χ0n) is 9.75. The highest BCUT2D eigenvalue weighted by Crippen LogP contribution is 2.34.